The average molecular weight is 310 g/mol. The highest BCUT2D eigenvalue weighted by Gasteiger charge is 2.57. The van der Waals surface area contributed by atoms with Gasteiger partial charge in [-0.1, -0.05) is 0 Å². The third-order valence-electron chi connectivity index (χ3n) is 6.36. The molecular weight excluding hydrogens is 288 g/mol. The first-order valence-electron chi connectivity index (χ1n) is 8.22. The monoisotopic (exact) mass is 310 g/mol. The molecule has 6 unspecified atom stereocenters. The maximum absolute atomic E-state index is 11.8. The van der Waals surface area contributed by atoms with E-state index in [1.165, 1.54) is 0 Å². The lowest BCUT2D eigenvalue weighted by atomic mass is 9.64. The zero-order valence-electron chi connectivity index (χ0n) is 12.5. The lowest BCUT2D eigenvalue weighted by Crippen LogP contribution is -2.41. The first-order valence-corrected chi connectivity index (χ1v) is 8.22. The summed E-state index contributed by atoms with van der Waals surface area (Å²) in [5, 5.41) is 19.4. The molecule has 6 nitrogen and oxygen atoms in total. The van der Waals surface area contributed by atoms with E-state index in [2.05, 4.69) is 0 Å². The summed E-state index contributed by atoms with van der Waals surface area (Å²) >= 11 is 0. The maximum Gasteiger partial charge on any atom is 0.309 e. The number of carbonyl (C=O) groups is 2. The van der Waals surface area contributed by atoms with Gasteiger partial charge in [0.1, 0.15) is 0 Å². The van der Waals surface area contributed by atoms with Crippen LogP contribution < -0.4 is 0 Å². The van der Waals surface area contributed by atoms with E-state index >= 15 is 0 Å². The lowest BCUT2D eigenvalue weighted by molar-refractivity contribution is -0.156. The van der Waals surface area contributed by atoms with Crippen molar-refractivity contribution in [3.05, 3.63) is 0 Å². The molecule has 6 atom stereocenters. The summed E-state index contributed by atoms with van der Waals surface area (Å²) in [5.74, 6) is -1.59. The molecule has 6 heteroatoms. The number of epoxide rings is 2. The van der Waals surface area contributed by atoms with Crippen LogP contribution in [0.4, 0.5) is 0 Å². The van der Waals surface area contributed by atoms with E-state index in [0.29, 0.717) is 38.5 Å². The van der Waals surface area contributed by atoms with Crippen molar-refractivity contribution in [2.24, 2.45) is 10.8 Å². The number of fused-ring (bicyclic) bond motifs is 2. The fourth-order valence-corrected chi connectivity index (χ4v) is 4.57. The van der Waals surface area contributed by atoms with Crippen molar-refractivity contribution in [3.8, 4) is 0 Å². The molecule has 0 radical (unpaired) electrons. The number of aliphatic carboxylic acids is 2. The van der Waals surface area contributed by atoms with Crippen molar-refractivity contribution < 1.29 is 29.3 Å². The van der Waals surface area contributed by atoms with Crippen molar-refractivity contribution in [1.29, 1.82) is 0 Å². The summed E-state index contributed by atoms with van der Waals surface area (Å²) in [4.78, 5) is 23.7. The highest BCUT2D eigenvalue weighted by atomic mass is 16.6. The van der Waals surface area contributed by atoms with Crippen LogP contribution in [0.1, 0.15) is 51.4 Å². The fraction of sp³-hybridized carbons (Fsp3) is 0.875. The van der Waals surface area contributed by atoms with Crippen molar-refractivity contribution in [3.63, 3.8) is 0 Å². The number of rotatable bonds is 5. The Morgan fingerprint density at radius 1 is 0.818 bits per heavy atom. The van der Waals surface area contributed by atoms with Gasteiger partial charge in [-0.2, -0.15) is 0 Å². The van der Waals surface area contributed by atoms with Crippen LogP contribution in [0, 0.1) is 10.8 Å². The molecule has 0 bridgehead atoms. The van der Waals surface area contributed by atoms with Gasteiger partial charge in [0.25, 0.3) is 0 Å². The minimum absolute atomic E-state index is 0.0770. The number of hydrogen-bond acceptors (Lipinski definition) is 4. The van der Waals surface area contributed by atoms with Gasteiger partial charge in [-0.15, -0.1) is 0 Å². The van der Waals surface area contributed by atoms with Gasteiger partial charge in [-0.05, 0) is 51.4 Å². The summed E-state index contributed by atoms with van der Waals surface area (Å²) in [6.45, 7) is 0. The SMILES string of the molecule is O=C(O)C1(CCC2(C(=O)O)CCC3OC3C2)CCC2OC2C1. The number of carboxylic acid groups (broad SMARTS) is 2. The van der Waals surface area contributed by atoms with E-state index in [-0.39, 0.29) is 24.4 Å². The molecule has 2 N–H and O–H groups in total. The molecule has 4 fully saturated rings. The van der Waals surface area contributed by atoms with Crippen LogP contribution in [-0.4, -0.2) is 46.6 Å². The predicted molar refractivity (Wildman–Crippen MR) is 74.4 cm³/mol. The van der Waals surface area contributed by atoms with Gasteiger partial charge in [-0.3, -0.25) is 9.59 Å². The molecule has 2 saturated heterocycles. The molecule has 2 aliphatic heterocycles. The first kappa shape index (κ1) is 14.5. The molecule has 4 rings (SSSR count). The van der Waals surface area contributed by atoms with E-state index in [9.17, 15) is 19.8 Å². The van der Waals surface area contributed by atoms with Gasteiger partial charge in [0.05, 0.1) is 35.2 Å². The van der Waals surface area contributed by atoms with Gasteiger partial charge < -0.3 is 19.7 Å². The van der Waals surface area contributed by atoms with Crippen LogP contribution >= 0.6 is 0 Å². The summed E-state index contributed by atoms with van der Waals surface area (Å²) < 4.78 is 10.9. The van der Waals surface area contributed by atoms with Crippen molar-refractivity contribution in [2.75, 3.05) is 0 Å². The summed E-state index contributed by atoms with van der Waals surface area (Å²) in [7, 11) is 0. The molecule has 2 heterocycles. The molecule has 122 valence electrons. The minimum Gasteiger partial charge on any atom is -0.481 e. The van der Waals surface area contributed by atoms with E-state index in [0.717, 1.165) is 12.8 Å². The van der Waals surface area contributed by atoms with Crippen molar-refractivity contribution in [2.45, 2.75) is 75.8 Å². The second kappa shape index (κ2) is 4.68. The first-order chi connectivity index (χ1) is 10.4. The molecule has 2 aliphatic carbocycles. The quantitative estimate of drug-likeness (QED) is 0.751. The summed E-state index contributed by atoms with van der Waals surface area (Å²) in [6.07, 6.45) is 5.33. The van der Waals surface area contributed by atoms with Gasteiger partial charge >= 0.3 is 11.9 Å². The Morgan fingerprint density at radius 2 is 1.23 bits per heavy atom. The van der Waals surface area contributed by atoms with Gasteiger partial charge in [0, 0.05) is 0 Å². The second-order valence-corrected chi connectivity index (χ2v) is 7.58. The molecule has 22 heavy (non-hydrogen) atoms. The Labute approximate surface area is 128 Å². The smallest absolute Gasteiger partial charge is 0.309 e. The summed E-state index contributed by atoms with van der Waals surface area (Å²) in [5.41, 5.74) is -1.61. The lowest BCUT2D eigenvalue weighted by Gasteiger charge is -2.37. The highest BCUT2D eigenvalue weighted by molar-refractivity contribution is 5.77. The highest BCUT2D eigenvalue weighted by Crippen LogP contribution is 2.54. The third-order valence-corrected chi connectivity index (χ3v) is 6.36. The van der Waals surface area contributed by atoms with Gasteiger partial charge in [0.15, 0.2) is 0 Å². The topological polar surface area (TPSA) is 99.7 Å². The molecule has 2 saturated carbocycles. The van der Waals surface area contributed by atoms with E-state index in [1.54, 1.807) is 0 Å². The number of ether oxygens (including phenoxy) is 2. The molecule has 0 spiro atoms. The van der Waals surface area contributed by atoms with Gasteiger partial charge in [-0.25, -0.2) is 0 Å². The molecule has 0 aromatic carbocycles. The fourth-order valence-electron chi connectivity index (χ4n) is 4.57. The zero-order chi connectivity index (χ0) is 15.5. The van der Waals surface area contributed by atoms with Gasteiger partial charge in [0.2, 0.25) is 0 Å². The Balaban J connectivity index is 1.48. The van der Waals surface area contributed by atoms with E-state index in [1.807, 2.05) is 0 Å². The van der Waals surface area contributed by atoms with Crippen LogP contribution in [-0.2, 0) is 19.1 Å². The molecular formula is C16H22O6. The number of hydrogen-bond donors (Lipinski definition) is 2. The largest absolute Gasteiger partial charge is 0.481 e. The van der Waals surface area contributed by atoms with Crippen LogP contribution in [0.25, 0.3) is 0 Å². The number of carboxylic acids is 2. The van der Waals surface area contributed by atoms with Crippen LogP contribution in [0.15, 0.2) is 0 Å². The predicted octanol–water partition coefficient (Wildman–Crippen LogP) is 1.81. The van der Waals surface area contributed by atoms with Crippen LogP contribution in [0.5, 0.6) is 0 Å². The Hall–Kier alpha value is -1.14. The second-order valence-electron chi connectivity index (χ2n) is 7.58. The standard InChI is InChI=1S/C16H22O6/c17-13(18)15(3-1-9-11(7-15)21-9)5-6-16(14(19)20)4-2-10-12(8-16)22-10/h9-12H,1-8H2,(H,17,18)(H,19,20). The molecule has 0 aromatic heterocycles. The average Bonchev–Trinajstić information content (AvgIpc) is 3.37. The normalized spacial score (nSPS) is 48.9. The van der Waals surface area contributed by atoms with Crippen LogP contribution in [0.2, 0.25) is 0 Å². The molecule has 0 aromatic rings. The third kappa shape index (κ3) is 2.24. The van der Waals surface area contributed by atoms with Crippen LogP contribution in [0.3, 0.4) is 0 Å². The Morgan fingerprint density at radius 3 is 1.55 bits per heavy atom. The molecule has 0 amide bonds. The molecule has 4 aliphatic rings. The minimum atomic E-state index is -0.804. The van der Waals surface area contributed by atoms with E-state index in [4.69, 9.17) is 9.47 Å². The van der Waals surface area contributed by atoms with Crippen molar-refractivity contribution in [1.82, 2.24) is 0 Å². The zero-order valence-corrected chi connectivity index (χ0v) is 12.5. The maximum atomic E-state index is 11.8. The Bertz CT molecular complexity index is 473. The summed E-state index contributed by atoms with van der Waals surface area (Å²) in [6, 6.07) is 0. The van der Waals surface area contributed by atoms with E-state index < -0.39 is 22.8 Å². The Kier molecular flexibility index (Phi) is 3.07. The van der Waals surface area contributed by atoms with Crippen molar-refractivity contribution >= 4 is 11.9 Å².